The van der Waals surface area contributed by atoms with Crippen LogP contribution in [0, 0.1) is 0 Å². The highest BCUT2D eigenvalue weighted by atomic mass is 35.5. The Bertz CT molecular complexity index is 770. The van der Waals surface area contributed by atoms with Crippen molar-refractivity contribution in [2.75, 3.05) is 24.3 Å². The average molecular weight is 383 g/mol. The van der Waals surface area contributed by atoms with E-state index in [1.54, 1.807) is 29.6 Å². The summed E-state index contributed by atoms with van der Waals surface area (Å²) in [4.78, 5) is 13.2. The highest BCUT2D eigenvalue weighted by molar-refractivity contribution is 7.99. The van der Waals surface area contributed by atoms with E-state index in [9.17, 15) is 0 Å². The molecule has 1 aliphatic rings. The number of aromatic nitrogens is 3. The van der Waals surface area contributed by atoms with Crippen molar-refractivity contribution in [2.24, 2.45) is 0 Å². The minimum Gasteiger partial charge on any atom is -0.489 e. The van der Waals surface area contributed by atoms with Gasteiger partial charge in [-0.2, -0.15) is 0 Å². The molecule has 8 heteroatoms. The Kier molecular flexibility index (Phi) is 5.13. The number of nitrogens with two attached hydrogens (primary N) is 1. The number of fused-ring (bicyclic) bond motifs is 1. The minimum atomic E-state index is -0.0337. The molecule has 2 aromatic heterocycles. The summed E-state index contributed by atoms with van der Waals surface area (Å²) in [7, 11) is 0. The molecule has 2 aromatic rings. The Morgan fingerprint density at radius 1 is 1.29 bits per heavy atom. The fourth-order valence-electron chi connectivity index (χ4n) is 2.49. The fourth-order valence-corrected chi connectivity index (χ4v) is 4.05. The van der Waals surface area contributed by atoms with Gasteiger partial charge >= 0.3 is 0 Å². The number of nitrogens with zero attached hydrogens (tertiary/aromatic N) is 3. The lowest BCUT2D eigenvalue weighted by molar-refractivity contribution is 0.290. The number of anilines is 1. The molecule has 0 spiro atoms. The first-order valence-corrected chi connectivity index (χ1v) is 10.1. The van der Waals surface area contributed by atoms with Crippen molar-refractivity contribution in [2.45, 2.75) is 35.9 Å². The van der Waals surface area contributed by atoms with Crippen molar-refractivity contribution >= 4 is 40.9 Å². The standard InChI is InChI=1S/C16H19ClN4OS2/c1-16(2)8-22-13-10(16)6-9(19-14(13)17)4-5-24-15-20-11(18)7-12(21-15)23-3/h6-7H,4-5,8H2,1-3H3,(H2,18,20,21). The molecular formula is C16H19ClN4OS2. The van der Waals surface area contributed by atoms with Crippen LogP contribution < -0.4 is 10.5 Å². The smallest absolute Gasteiger partial charge is 0.190 e. The Labute approximate surface area is 155 Å². The largest absolute Gasteiger partial charge is 0.489 e. The second kappa shape index (κ2) is 6.98. The van der Waals surface area contributed by atoms with Crippen molar-refractivity contribution in [3.8, 4) is 5.75 Å². The highest BCUT2D eigenvalue weighted by Crippen LogP contribution is 2.42. The molecule has 1 aliphatic heterocycles. The number of nitrogen functional groups attached to an aromatic ring is 1. The van der Waals surface area contributed by atoms with E-state index in [1.165, 1.54) is 0 Å². The van der Waals surface area contributed by atoms with Gasteiger partial charge < -0.3 is 10.5 Å². The number of hydrogen-bond donors (Lipinski definition) is 1. The molecule has 0 bridgehead atoms. The van der Waals surface area contributed by atoms with Gasteiger partial charge in [-0.05, 0) is 18.7 Å². The summed E-state index contributed by atoms with van der Waals surface area (Å²) in [6.07, 6.45) is 2.75. The maximum atomic E-state index is 6.27. The second-order valence-electron chi connectivity index (χ2n) is 6.17. The van der Waals surface area contributed by atoms with Gasteiger partial charge in [-0.1, -0.05) is 37.2 Å². The van der Waals surface area contributed by atoms with Crippen molar-refractivity contribution < 1.29 is 4.74 Å². The first-order valence-electron chi connectivity index (χ1n) is 7.53. The van der Waals surface area contributed by atoms with Gasteiger partial charge in [0, 0.05) is 28.5 Å². The number of halogens is 1. The van der Waals surface area contributed by atoms with E-state index in [0.717, 1.165) is 34.2 Å². The van der Waals surface area contributed by atoms with E-state index in [0.29, 0.717) is 22.7 Å². The van der Waals surface area contributed by atoms with Crippen LogP contribution in [0.15, 0.2) is 22.3 Å². The van der Waals surface area contributed by atoms with Crippen LogP contribution in [0.5, 0.6) is 5.75 Å². The number of aryl methyl sites for hydroxylation is 1. The number of hydrogen-bond acceptors (Lipinski definition) is 7. The third-order valence-corrected chi connectivity index (χ3v) is 5.52. The van der Waals surface area contributed by atoms with Crippen LogP contribution in [-0.2, 0) is 11.8 Å². The molecule has 0 aromatic carbocycles. The van der Waals surface area contributed by atoms with Crippen LogP contribution in [0.25, 0.3) is 0 Å². The average Bonchev–Trinajstić information content (AvgIpc) is 2.83. The quantitative estimate of drug-likeness (QED) is 0.364. The Morgan fingerprint density at radius 2 is 2.08 bits per heavy atom. The van der Waals surface area contributed by atoms with Crippen LogP contribution >= 0.6 is 35.1 Å². The van der Waals surface area contributed by atoms with Crippen molar-refractivity contribution in [3.63, 3.8) is 0 Å². The molecule has 0 radical (unpaired) electrons. The summed E-state index contributed by atoms with van der Waals surface area (Å²) < 4.78 is 5.68. The zero-order chi connectivity index (χ0) is 17.3. The summed E-state index contributed by atoms with van der Waals surface area (Å²) in [5.74, 6) is 2.03. The molecule has 0 saturated heterocycles. The van der Waals surface area contributed by atoms with Crippen LogP contribution in [0.1, 0.15) is 25.1 Å². The predicted octanol–water partition coefficient (Wildman–Crippen LogP) is 3.83. The summed E-state index contributed by atoms with van der Waals surface area (Å²) in [6, 6.07) is 3.88. The second-order valence-corrected chi connectivity index (χ2v) is 8.42. The lowest BCUT2D eigenvalue weighted by Crippen LogP contribution is -2.18. The maximum absolute atomic E-state index is 6.27. The van der Waals surface area contributed by atoms with E-state index in [4.69, 9.17) is 22.1 Å². The highest BCUT2D eigenvalue weighted by Gasteiger charge is 2.34. The Balaban J connectivity index is 1.70. The zero-order valence-electron chi connectivity index (χ0n) is 13.8. The van der Waals surface area contributed by atoms with Gasteiger partial charge in [0.2, 0.25) is 0 Å². The molecule has 0 unspecified atom stereocenters. The van der Waals surface area contributed by atoms with Crippen LogP contribution in [0.4, 0.5) is 5.82 Å². The van der Waals surface area contributed by atoms with Gasteiger partial charge in [0.15, 0.2) is 16.1 Å². The molecule has 24 heavy (non-hydrogen) atoms. The van der Waals surface area contributed by atoms with Crippen LogP contribution in [0.2, 0.25) is 5.15 Å². The van der Waals surface area contributed by atoms with Crippen LogP contribution in [0.3, 0.4) is 0 Å². The lowest BCUT2D eigenvalue weighted by atomic mass is 9.87. The fraction of sp³-hybridized carbons (Fsp3) is 0.438. The Morgan fingerprint density at radius 3 is 2.83 bits per heavy atom. The van der Waals surface area contributed by atoms with Crippen LogP contribution in [-0.4, -0.2) is 33.6 Å². The van der Waals surface area contributed by atoms with E-state index < -0.39 is 0 Å². The van der Waals surface area contributed by atoms with E-state index >= 15 is 0 Å². The lowest BCUT2D eigenvalue weighted by Gasteiger charge is -2.15. The SMILES string of the molecule is CSc1cc(N)nc(SCCc2cc3c(c(Cl)n2)OCC3(C)C)n1. The molecule has 0 amide bonds. The normalized spacial score (nSPS) is 15.2. The third kappa shape index (κ3) is 3.73. The maximum Gasteiger partial charge on any atom is 0.190 e. The van der Waals surface area contributed by atoms with Gasteiger partial charge in [0.05, 0.1) is 6.61 Å². The predicted molar refractivity (Wildman–Crippen MR) is 100 cm³/mol. The summed E-state index contributed by atoms with van der Waals surface area (Å²) in [5, 5.41) is 2.01. The number of ether oxygens (including phenoxy) is 1. The number of pyridine rings is 1. The molecule has 0 saturated carbocycles. The third-order valence-electron chi connectivity index (χ3n) is 3.79. The van der Waals surface area contributed by atoms with Crippen molar-refractivity contribution in [3.05, 3.63) is 28.5 Å². The molecule has 0 aliphatic carbocycles. The van der Waals surface area contributed by atoms with Gasteiger partial charge in [0.1, 0.15) is 10.8 Å². The van der Waals surface area contributed by atoms with Gasteiger partial charge in [-0.25, -0.2) is 15.0 Å². The van der Waals surface area contributed by atoms with E-state index in [2.05, 4.69) is 34.9 Å². The zero-order valence-corrected chi connectivity index (χ0v) is 16.2. The monoisotopic (exact) mass is 382 g/mol. The van der Waals surface area contributed by atoms with Gasteiger partial charge in [-0.15, -0.1) is 11.8 Å². The van der Waals surface area contributed by atoms with E-state index in [-0.39, 0.29) is 5.41 Å². The summed E-state index contributed by atoms with van der Waals surface area (Å²) in [6.45, 7) is 4.94. The molecule has 3 heterocycles. The number of rotatable bonds is 5. The topological polar surface area (TPSA) is 73.9 Å². The molecule has 0 atom stereocenters. The molecule has 128 valence electrons. The number of thioether (sulfide) groups is 2. The van der Waals surface area contributed by atoms with Gasteiger partial charge in [-0.3, -0.25) is 0 Å². The molecule has 2 N–H and O–H groups in total. The first-order chi connectivity index (χ1) is 11.4. The first kappa shape index (κ1) is 17.6. The minimum absolute atomic E-state index is 0.0337. The Hall–Kier alpha value is -1.18. The van der Waals surface area contributed by atoms with Crippen molar-refractivity contribution in [1.82, 2.24) is 15.0 Å². The molecule has 0 fully saturated rings. The van der Waals surface area contributed by atoms with E-state index in [1.807, 2.05) is 6.26 Å². The van der Waals surface area contributed by atoms with Gasteiger partial charge in [0.25, 0.3) is 0 Å². The molecular weight excluding hydrogens is 364 g/mol. The van der Waals surface area contributed by atoms with Crippen molar-refractivity contribution in [1.29, 1.82) is 0 Å². The molecule has 3 rings (SSSR count). The summed E-state index contributed by atoms with van der Waals surface area (Å²) >= 11 is 9.39. The summed E-state index contributed by atoms with van der Waals surface area (Å²) in [5.41, 5.74) is 7.86. The molecule has 5 nitrogen and oxygen atoms in total.